The highest BCUT2D eigenvalue weighted by Gasteiger charge is 2.23. The fourth-order valence-electron chi connectivity index (χ4n) is 2.73. The van der Waals surface area contributed by atoms with Gasteiger partial charge in [0.1, 0.15) is 0 Å². The van der Waals surface area contributed by atoms with E-state index in [4.69, 9.17) is 0 Å². The van der Waals surface area contributed by atoms with Crippen LogP contribution in [0.4, 0.5) is 5.69 Å². The predicted molar refractivity (Wildman–Crippen MR) is 76.1 cm³/mol. The Morgan fingerprint density at radius 1 is 1.28 bits per heavy atom. The highest BCUT2D eigenvalue weighted by Crippen LogP contribution is 2.33. The monoisotopic (exact) mass is 311 g/mol. The number of hydrogen-bond donors (Lipinski definition) is 0. The van der Waals surface area contributed by atoms with Crippen LogP contribution in [0.15, 0.2) is 24.3 Å². The van der Waals surface area contributed by atoms with Gasteiger partial charge in [0.25, 0.3) is 5.69 Å². The van der Waals surface area contributed by atoms with Crippen LogP contribution in [-0.4, -0.2) is 9.75 Å². The first-order valence-electron chi connectivity index (χ1n) is 6.55. The van der Waals surface area contributed by atoms with Crippen molar-refractivity contribution in [1.29, 1.82) is 0 Å². The summed E-state index contributed by atoms with van der Waals surface area (Å²) in [4.78, 5) is 11.2. The van der Waals surface area contributed by atoms with Crippen LogP contribution in [0.25, 0.3) is 0 Å². The fraction of sp³-hybridized carbons (Fsp3) is 0.571. The van der Waals surface area contributed by atoms with Crippen LogP contribution in [0, 0.1) is 16.0 Å². The van der Waals surface area contributed by atoms with Gasteiger partial charge >= 0.3 is 0 Å². The molecule has 0 radical (unpaired) electrons. The summed E-state index contributed by atoms with van der Waals surface area (Å²) in [6, 6.07) is 7.09. The van der Waals surface area contributed by atoms with Gasteiger partial charge in [0.05, 0.1) is 4.92 Å². The Labute approximate surface area is 116 Å². The lowest BCUT2D eigenvalue weighted by Gasteiger charge is -2.27. The van der Waals surface area contributed by atoms with Crippen molar-refractivity contribution in [2.24, 2.45) is 5.92 Å². The van der Waals surface area contributed by atoms with Gasteiger partial charge in [0.2, 0.25) is 0 Å². The van der Waals surface area contributed by atoms with Crippen molar-refractivity contribution >= 4 is 21.6 Å². The molecule has 2 atom stereocenters. The van der Waals surface area contributed by atoms with E-state index < -0.39 is 0 Å². The molecule has 0 aromatic heterocycles. The quantitative estimate of drug-likeness (QED) is 0.467. The van der Waals surface area contributed by atoms with Gasteiger partial charge in [-0.05, 0) is 31.6 Å². The summed E-state index contributed by atoms with van der Waals surface area (Å²) in [6.45, 7) is 0. The number of nitrogens with zero attached hydrogens (tertiary/aromatic N) is 1. The average Bonchev–Trinajstić information content (AvgIpc) is 2.38. The average molecular weight is 312 g/mol. The number of para-hydroxylation sites is 1. The van der Waals surface area contributed by atoms with Crippen LogP contribution < -0.4 is 0 Å². The molecule has 0 N–H and O–H groups in total. The number of rotatable bonds is 4. The topological polar surface area (TPSA) is 43.1 Å². The van der Waals surface area contributed by atoms with E-state index in [1.165, 1.54) is 25.7 Å². The largest absolute Gasteiger partial charge is 0.272 e. The number of nitro benzene ring substituents is 1. The van der Waals surface area contributed by atoms with Gasteiger partial charge in [0, 0.05) is 16.5 Å². The molecule has 1 aliphatic carbocycles. The number of nitro groups is 1. The molecule has 2 rings (SSSR count). The van der Waals surface area contributed by atoms with E-state index in [0.717, 1.165) is 18.4 Å². The maximum Gasteiger partial charge on any atom is 0.272 e. The van der Waals surface area contributed by atoms with Crippen molar-refractivity contribution < 1.29 is 4.92 Å². The summed E-state index contributed by atoms with van der Waals surface area (Å²) in [5, 5.41) is 10.9. The molecule has 1 saturated carbocycles. The molecule has 1 aromatic carbocycles. The van der Waals surface area contributed by atoms with E-state index in [1.807, 2.05) is 12.1 Å². The van der Waals surface area contributed by atoms with Gasteiger partial charge in [-0.3, -0.25) is 10.1 Å². The molecule has 1 fully saturated rings. The van der Waals surface area contributed by atoms with Crippen molar-refractivity contribution in [3.8, 4) is 0 Å². The minimum Gasteiger partial charge on any atom is -0.258 e. The number of hydrogen-bond acceptors (Lipinski definition) is 2. The summed E-state index contributed by atoms with van der Waals surface area (Å²) in [5.41, 5.74) is 1.13. The minimum absolute atomic E-state index is 0.263. The molecule has 0 aliphatic heterocycles. The zero-order chi connectivity index (χ0) is 13.0. The zero-order valence-corrected chi connectivity index (χ0v) is 11.9. The van der Waals surface area contributed by atoms with Gasteiger partial charge in [-0.2, -0.15) is 0 Å². The third-order valence-electron chi connectivity index (χ3n) is 3.79. The normalized spacial score (nSPS) is 23.8. The molecule has 0 bridgehead atoms. The van der Waals surface area contributed by atoms with Crippen LogP contribution in [-0.2, 0) is 6.42 Å². The maximum atomic E-state index is 10.9. The van der Waals surface area contributed by atoms with Crippen molar-refractivity contribution in [1.82, 2.24) is 0 Å². The second-order valence-corrected chi connectivity index (χ2v) is 6.16. The summed E-state index contributed by atoms with van der Waals surface area (Å²) < 4.78 is 0. The van der Waals surface area contributed by atoms with Crippen LogP contribution >= 0.6 is 15.9 Å². The second-order valence-electron chi connectivity index (χ2n) is 4.99. The Morgan fingerprint density at radius 3 is 2.72 bits per heavy atom. The summed E-state index contributed by atoms with van der Waals surface area (Å²) in [7, 11) is 0. The maximum absolute atomic E-state index is 10.9. The summed E-state index contributed by atoms with van der Waals surface area (Å²) >= 11 is 3.74. The van der Waals surface area contributed by atoms with Crippen molar-refractivity contribution in [3.63, 3.8) is 0 Å². The van der Waals surface area contributed by atoms with Crippen molar-refractivity contribution in [2.45, 2.75) is 43.4 Å². The van der Waals surface area contributed by atoms with Crippen LogP contribution in [0.3, 0.4) is 0 Å². The van der Waals surface area contributed by atoms with Gasteiger partial charge in [-0.15, -0.1) is 0 Å². The third-order valence-corrected chi connectivity index (χ3v) is 4.99. The molecule has 1 aliphatic rings. The van der Waals surface area contributed by atoms with Gasteiger partial charge in [-0.1, -0.05) is 47.0 Å². The number of alkyl halides is 1. The van der Waals surface area contributed by atoms with E-state index in [0.29, 0.717) is 10.7 Å². The van der Waals surface area contributed by atoms with E-state index in [-0.39, 0.29) is 10.6 Å². The lowest BCUT2D eigenvalue weighted by molar-refractivity contribution is -0.385. The zero-order valence-electron chi connectivity index (χ0n) is 10.3. The third kappa shape index (κ3) is 3.31. The molecule has 0 saturated heterocycles. The Balaban J connectivity index is 1.99. The van der Waals surface area contributed by atoms with Crippen molar-refractivity contribution in [3.05, 3.63) is 39.9 Å². The molecule has 3 nitrogen and oxygen atoms in total. The fourth-order valence-corrected chi connectivity index (χ4v) is 3.58. The number of aryl methyl sites for hydroxylation is 1. The minimum atomic E-state index is -0.276. The molecule has 4 heteroatoms. The van der Waals surface area contributed by atoms with Gasteiger partial charge in [0.15, 0.2) is 0 Å². The van der Waals surface area contributed by atoms with Gasteiger partial charge in [-0.25, -0.2) is 0 Å². The van der Waals surface area contributed by atoms with E-state index in [1.54, 1.807) is 12.1 Å². The molecule has 0 amide bonds. The molecule has 98 valence electrons. The Bertz CT molecular complexity index is 422. The highest BCUT2D eigenvalue weighted by molar-refractivity contribution is 9.09. The molecular formula is C14H18BrNO2. The number of halogens is 1. The molecule has 18 heavy (non-hydrogen) atoms. The van der Waals surface area contributed by atoms with Crippen LogP contribution in [0.5, 0.6) is 0 Å². The Hall–Kier alpha value is -0.900. The van der Waals surface area contributed by atoms with Crippen LogP contribution in [0.2, 0.25) is 0 Å². The molecule has 0 heterocycles. The predicted octanol–water partition coefficient (Wildman–Crippen LogP) is 4.48. The van der Waals surface area contributed by atoms with E-state index in [9.17, 15) is 10.1 Å². The van der Waals surface area contributed by atoms with Crippen LogP contribution in [0.1, 0.15) is 37.7 Å². The van der Waals surface area contributed by atoms with Crippen molar-refractivity contribution in [2.75, 3.05) is 0 Å². The molecule has 2 unspecified atom stereocenters. The lowest BCUT2D eigenvalue weighted by atomic mass is 9.85. The molecule has 1 aromatic rings. The standard InChI is InChI=1S/C14H18BrNO2/c15-13-7-3-1-5-11(13)9-10-12-6-2-4-8-14(12)16(17)18/h2,4,6,8,11,13H,1,3,5,7,9-10H2. The summed E-state index contributed by atoms with van der Waals surface area (Å²) in [6.07, 6.45) is 6.93. The number of benzene rings is 1. The van der Waals surface area contributed by atoms with E-state index >= 15 is 0 Å². The van der Waals surface area contributed by atoms with Gasteiger partial charge < -0.3 is 0 Å². The molecule has 0 spiro atoms. The SMILES string of the molecule is O=[N+]([O-])c1ccccc1CCC1CCCCC1Br. The first-order valence-corrected chi connectivity index (χ1v) is 7.46. The Morgan fingerprint density at radius 2 is 2.00 bits per heavy atom. The first kappa shape index (κ1) is 13.5. The van der Waals surface area contributed by atoms with E-state index in [2.05, 4.69) is 15.9 Å². The lowest BCUT2D eigenvalue weighted by Crippen LogP contribution is -2.19. The molecular weight excluding hydrogens is 294 g/mol. The summed E-state index contributed by atoms with van der Waals surface area (Å²) in [5.74, 6) is 0.665. The first-order chi connectivity index (χ1) is 8.68. The smallest absolute Gasteiger partial charge is 0.258 e. The highest BCUT2D eigenvalue weighted by atomic mass is 79.9. The second kappa shape index (κ2) is 6.32. The Kier molecular flexibility index (Phi) is 4.75.